The van der Waals surface area contributed by atoms with E-state index in [9.17, 15) is 0 Å². The highest BCUT2D eigenvalue weighted by Crippen LogP contribution is 2.31. The van der Waals surface area contributed by atoms with Gasteiger partial charge in [0.25, 0.3) is 0 Å². The van der Waals surface area contributed by atoms with Gasteiger partial charge in [0, 0.05) is 23.0 Å². The first-order chi connectivity index (χ1) is 18.5. The van der Waals surface area contributed by atoms with Crippen molar-refractivity contribution in [2.45, 2.75) is 64.6 Å². The van der Waals surface area contributed by atoms with Gasteiger partial charge in [-0.3, -0.25) is 0 Å². The molecule has 0 fully saturated rings. The lowest BCUT2D eigenvalue weighted by Crippen LogP contribution is -1.85. The first-order valence-electron chi connectivity index (χ1n) is 13.2. The van der Waals surface area contributed by atoms with Crippen LogP contribution in [0.4, 0.5) is 0 Å². The maximum atomic E-state index is 2.26. The van der Waals surface area contributed by atoms with Crippen LogP contribution in [0, 0.1) is 27.7 Å². The van der Waals surface area contributed by atoms with Gasteiger partial charge >= 0.3 is 0 Å². The lowest BCUT2D eigenvalue weighted by Gasteiger charge is -2.06. The minimum absolute atomic E-state index is 1.08. The highest BCUT2D eigenvalue weighted by Gasteiger charge is 2.01. The van der Waals surface area contributed by atoms with Gasteiger partial charge in [-0.1, -0.05) is 165 Å². The van der Waals surface area contributed by atoms with Gasteiger partial charge in [-0.05, 0) is 61.1 Å². The molecule has 4 aromatic carbocycles. The van der Waals surface area contributed by atoms with Crippen LogP contribution in [0.1, 0.15) is 58.4 Å². The van der Waals surface area contributed by atoms with Gasteiger partial charge in [0.15, 0.2) is 0 Å². The first-order valence-corrected chi connectivity index (χ1v) is 18.2. The molecule has 0 spiro atoms. The van der Waals surface area contributed by atoms with Crippen molar-refractivity contribution in [2.24, 2.45) is 0 Å². The second-order valence-corrected chi connectivity index (χ2v) is 13.8. The third-order valence-electron chi connectivity index (χ3n) is 5.73. The molecule has 0 unspecified atom stereocenters. The highest BCUT2D eigenvalue weighted by molar-refractivity contribution is 8.76. The zero-order valence-corrected chi connectivity index (χ0v) is 27.0. The molecular formula is C34H42S4. The number of hydrogen-bond donors (Lipinski definition) is 0. The van der Waals surface area contributed by atoms with Crippen LogP contribution in [-0.4, -0.2) is 0 Å². The Balaban J connectivity index is 0.000000251. The van der Waals surface area contributed by atoms with Crippen molar-refractivity contribution in [3.8, 4) is 0 Å². The van der Waals surface area contributed by atoms with E-state index in [-0.39, 0.29) is 0 Å². The van der Waals surface area contributed by atoms with Gasteiger partial charge < -0.3 is 0 Å². The molecule has 0 saturated heterocycles. The van der Waals surface area contributed by atoms with Gasteiger partial charge in [0.2, 0.25) is 0 Å². The van der Waals surface area contributed by atoms with E-state index in [2.05, 4.69) is 125 Å². The van der Waals surface area contributed by atoms with Crippen LogP contribution in [0.3, 0.4) is 0 Å². The van der Waals surface area contributed by atoms with Crippen LogP contribution in [0.5, 0.6) is 0 Å². The van der Waals surface area contributed by atoms with E-state index in [4.69, 9.17) is 0 Å². The van der Waals surface area contributed by atoms with Crippen LogP contribution in [0.15, 0.2) is 97.1 Å². The maximum absolute atomic E-state index is 2.26. The summed E-state index contributed by atoms with van der Waals surface area (Å²) in [5.74, 6) is 4.34. The molecule has 202 valence electrons. The Morgan fingerprint density at radius 1 is 0.421 bits per heavy atom. The predicted molar refractivity (Wildman–Crippen MR) is 181 cm³/mol. The van der Waals surface area contributed by atoms with Crippen molar-refractivity contribution in [1.82, 2.24) is 0 Å². The number of aryl methyl sites for hydroxylation is 4. The molecule has 0 heterocycles. The lowest BCUT2D eigenvalue weighted by atomic mass is 10.1. The molecule has 0 saturated carbocycles. The summed E-state index contributed by atoms with van der Waals surface area (Å²) in [6.07, 6.45) is 0. The van der Waals surface area contributed by atoms with Gasteiger partial charge in [-0.25, -0.2) is 0 Å². The van der Waals surface area contributed by atoms with Crippen molar-refractivity contribution in [3.63, 3.8) is 0 Å². The summed E-state index contributed by atoms with van der Waals surface area (Å²) in [6, 6.07) is 34.7. The van der Waals surface area contributed by atoms with Crippen molar-refractivity contribution >= 4 is 43.2 Å². The molecule has 4 aromatic rings. The molecule has 0 amide bonds. The third kappa shape index (κ3) is 12.9. The minimum atomic E-state index is 1.08. The molecule has 0 nitrogen and oxygen atoms in total. The summed E-state index contributed by atoms with van der Waals surface area (Å²) in [5, 5.41) is 0. The van der Waals surface area contributed by atoms with Gasteiger partial charge in [-0.15, -0.1) is 0 Å². The molecule has 38 heavy (non-hydrogen) atoms. The highest BCUT2D eigenvalue weighted by atomic mass is 33.1. The average molecular weight is 579 g/mol. The summed E-state index contributed by atoms with van der Waals surface area (Å²) in [4.78, 5) is 0. The molecule has 0 radical (unpaired) electrons. The van der Waals surface area contributed by atoms with E-state index >= 15 is 0 Å². The molecule has 0 aliphatic carbocycles. The Morgan fingerprint density at radius 3 is 1.16 bits per heavy atom. The molecule has 0 bridgehead atoms. The Morgan fingerprint density at radius 2 is 0.789 bits per heavy atom. The zero-order chi connectivity index (χ0) is 27.6. The molecule has 4 rings (SSSR count). The van der Waals surface area contributed by atoms with Crippen LogP contribution in [0.2, 0.25) is 0 Å². The van der Waals surface area contributed by atoms with Crippen LogP contribution < -0.4 is 0 Å². The number of benzene rings is 4. The summed E-state index contributed by atoms with van der Waals surface area (Å²) in [6.45, 7) is 12.7. The van der Waals surface area contributed by atoms with Crippen molar-refractivity contribution in [2.75, 3.05) is 0 Å². The van der Waals surface area contributed by atoms with E-state index in [1.165, 1.54) is 44.5 Å². The SMILES string of the molecule is CC.Cc1cccc(CSSCc2cccc(C)c2)c1.Cc1ccccc1CSSCc1ccccc1C. The Bertz CT molecular complexity index is 1110. The first kappa shape index (κ1) is 32.5. The normalized spacial score (nSPS) is 10.2. The van der Waals surface area contributed by atoms with E-state index in [0.717, 1.165) is 23.0 Å². The monoisotopic (exact) mass is 578 g/mol. The molecule has 0 aromatic heterocycles. The second kappa shape index (κ2) is 19.4. The Kier molecular flexibility index (Phi) is 16.6. The minimum Gasteiger partial charge on any atom is -0.0890 e. The molecule has 0 aliphatic heterocycles. The van der Waals surface area contributed by atoms with E-state index in [1.807, 2.05) is 57.0 Å². The maximum Gasteiger partial charge on any atom is 0.0291 e. The summed E-state index contributed by atoms with van der Waals surface area (Å²) in [7, 11) is 7.75. The molecule has 0 aliphatic rings. The molecule has 4 heteroatoms. The van der Waals surface area contributed by atoms with E-state index < -0.39 is 0 Å². The smallest absolute Gasteiger partial charge is 0.0291 e. The summed E-state index contributed by atoms with van der Waals surface area (Å²) >= 11 is 0. The van der Waals surface area contributed by atoms with Gasteiger partial charge in [-0.2, -0.15) is 0 Å². The second-order valence-electron chi connectivity index (χ2n) is 8.88. The van der Waals surface area contributed by atoms with Gasteiger partial charge in [0.05, 0.1) is 0 Å². The van der Waals surface area contributed by atoms with Crippen molar-refractivity contribution < 1.29 is 0 Å². The molecular weight excluding hydrogens is 537 g/mol. The van der Waals surface area contributed by atoms with E-state index in [0.29, 0.717) is 0 Å². The summed E-state index contributed by atoms with van der Waals surface area (Å²) in [5.41, 5.74) is 11.2. The largest absolute Gasteiger partial charge is 0.0890 e. The lowest BCUT2D eigenvalue weighted by molar-refractivity contribution is 1.31. The molecule has 0 N–H and O–H groups in total. The van der Waals surface area contributed by atoms with Crippen LogP contribution >= 0.6 is 43.2 Å². The average Bonchev–Trinajstić information content (AvgIpc) is 2.93. The fourth-order valence-electron chi connectivity index (χ4n) is 3.58. The Labute approximate surface area is 248 Å². The topological polar surface area (TPSA) is 0 Å². The van der Waals surface area contributed by atoms with Crippen molar-refractivity contribution in [1.29, 1.82) is 0 Å². The van der Waals surface area contributed by atoms with Crippen molar-refractivity contribution in [3.05, 3.63) is 142 Å². The fraction of sp³-hybridized carbons (Fsp3) is 0.294. The van der Waals surface area contributed by atoms with Crippen LogP contribution in [0.25, 0.3) is 0 Å². The zero-order valence-electron chi connectivity index (χ0n) is 23.7. The summed E-state index contributed by atoms with van der Waals surface area (Å²) < 4.78 is 0. The van der Waals surface area contributed by atoms with Crippen LogP contribution in [-0.2, 0) is 23.0 Å². The molecule has 0 atom stereocenters. The standard InChI is InChI=1S/2C16H18S2.C2H6/c1-13-5-3-7-15(9-13)11-17-18-12-16-8-4-6-14(2)10-16;1-13-7-3-5-9-15(13)11-17-18-12-16-10-6-4-8-14(16)2;1-2/h2*3-10H,11-12H2,1-2H3;1-2H3. The Hall–Kier alpha value is -1.72. The third-order valence-corrected chi connectivity index (χ3v) is 10.2. The predicted octanol–water partition coefficient (Wildman–Crippen LogP) is 11.8. The van der Waals surface area contributed by atoms with Gasteiger partial charge in [0.1, 0.15) is 0 Å². The number of rotatable bonds is 10. The quantitative estimate of drug-likeness (QED) is 0.135. The fourth-order valence-corrected chi connectivity index (χ4v) is 8.02. The number of hydrogen-bond acceptors (Lipinski definition) is 4. The van der Waals surface area contributed by atoms with E-state index in [1.54, 1.807) is 0 Å².